The van der Waals surface area contributed by atoms with Gasteiger partial charge in [0, 0.05) is 34.5 Å². The first-order chi connectivity index (χ1) is 26.7. The number of fused-ring (bicyclic) bond motifs is 10. The van der Waals surface area contributed by atoms with E-state index in [2.05, 4.69) is 145 Å². The molecule has 0 amide bonds. The molecule has 54 heavy (non-hydrogen) atoms. The van der Waals surface area contributed by atoms with E-state index in [1.54, 1.807) is 0 Å². The maximum absolute atomic E-state index is 5.11. The highest BCUT2D eigenvalue weighted by Gasteiger charge is 2.15. The maximum atomic E-state index is 5.11. The summed E-state index contributed by atoms with van der Waals surface area (Å²) in [6.45, 7) is 0. The molecule has 0 spiro atoms. The lowest BCUT2D eigenvalue weighted by Gasteiger charge is -2.13. The topological polar surface area (TPSA) is 51.6 Å². The van der Waals surface area contributed by atoms with Crippen LogP contribution in [-0.4, -0.2) is 19.9 Å². The summed E-state index contributed by atoms with van der Waals surface area (Å²) in [5.41, 5.74) is 5.18. The standard InChI is InChI=1S/C50H30N4/c1-2-8-32(9-3-1)48-52-49(54-50(53-48)37-21-22-40-35(27-37)17-19-38-30-51-25-24-41(38)40)36-18-15-31-14-16-33(26-39(31)28-36)34-20-23-46-44-12-5-4-10-42(44)43-11-6-7-13-45(43)47(46)29-34/h1-30H. The summed E-state index contributed by atoms with van der Waals surface area (Å²) in [7, 11) is 0. The van der Waals surface area contributed by atoms with Gasteiger partial charge in [-0.2, -0.15) is 0 Å². The van der Waals surface area contributed by atoms with E-state index < -0.39 is 0 Å². The van der Waals surface area contributed by atoms with Gasteiger partial charge in [-0.1, -0.05) is 140 Å². The third-order valence-electron chi connectivity index (χ3n) is 10.7. The molecule has 0 saturated carbocycles. The maximum Gasteiger partial charge on any atom is 0.164 e. The van der Waals surface area contributed by atoms with Crippen LogP contribution in [0.4, 0.5) is 0 Å². The van der Waals surface area contributed by atoms with Crippen molar-refractivity contribution in [2.45, 2.75) is 0 Å². The molecule has 9 aromatic carbocycles. The van der Waals surface area contributed by atoms with Crippen molar-refractivity contribution in [2.24, 2.45) is 0 Å². The number of benzene rings is 9. The summed E-state index contributed by atoms with van der Waals surface area (Å²) >= 11 is 0. The van der Waals surface area contributed by atoms with Crippen LogP contribution in [0, 0.1) is 0 Å². The molecule has 0 unspecified atom stereocenters. The molecule has 0 saturated heterocycles. The number of nitrogens with zero attached hydrogens (tertiary/aromatic N) is 4. The van der Waals surface area contributed by atoms with Crippen LogP contribution in [0.5, 0.6) is 0 Å². The highest BCUT2D eigenvalue weighted by molar-refractivity contribution is 6.25. The zero-order valence-electron chi connectivity index (χ0n) is 29.1. The Bertz CT molecular complexity index is 3240. The Balaban J connectivity index is 1.04. The summed E-state index contributed by atoms with van der Waals surface area (Å²) < 4.78 is 0. The van der Waals surface area contributed by atoms with Gasteiger partial charge in [-0.15, -0.1) is 0 Å². The highest BCUT2D eigenvalue weighted by Crippen LogP contribution is 2.38. The second-order valence-corrected chi connectivity index (χ2v) is 13.9. The highest BCUT2D eigenvalue weighted by atomic mass is 15.0. The molecule has 0 aliphatic carbocycles. The van der Waals surface area contributed by atoms with Crippen molar-refractivity contribution in [3.05, 3.63) is 182 Å². The minimum Gasteiger partial charge on any atom is -0.264 e. The Morgan fingerprint density at radius 3 is 1.44 bits per heavy atom. The number of hydrogen-bond acceptors (Lipinski definition) is 4. The Morgan fingerprint density at radius 1 is 0.259 bits per heavy atom. The van der Waals surface area contributed by atoms with Gasteiger partial charge >= 0.3 is 0 Å². The molecule has 2 aromatic heterocycles. The number of aromatic nitrogens is 4. The monoisotopic (exact) mass is 686 g/mol. The van der Waals surface area contributed by atoms with Crippen molar-refractivity contribution in [1.82, 2.24) is 19.9 Å². The van der Waals surface area contributed by atoms with Crippen molar-refractivity contribution < 1.29 is 0 Å². The summed E-state index contributed by atoms with van der Waals surface area (Å²) in [6.07, 6.45) is 3.75. The summed E-state index contributed by atoms with van der Waals surface area (Å²) in [5, 5.41) is 14.5. The fourth-order valence-corrected chi connectivity index (χ4v) is 8.05. The van der Waals surface area contributed by atoms with E-state index >= 15 is 0 Å². The van der Waals surface area contributed by atoms with Gasteiger partial charge in [0.1, 0.15) is 0 Å². The van der Waals surface area contributed by atoms with Crippen molar-refractivity contribution in [3.63, 3.8) is 0 Å². The number of rotatable bonds is 4. The van der Waals surface area contributed by atoms with E-state index in [9.17, 15) is 0 Å². The first-order valence-electron chi connectivity index (χ1n) is 18.2. The molecule has 2 heterocycles. The predicted molar refractivity (Wildman–Crippen MR) is 224 cm³/mol. The van der Waals surface area contributed by atoms with Gasteiger partial charge in [0.25, 0.3) is 0 Å². The minimum absolute atomic E-state index is 0.639. The van der Waals surface area contributed by atoms with Gasteiger partial charge in [-0.05, 0) is 101 Å². The smallest absolute Gasteiger partial charge is 0.164 e. The lowest BCUT2D eigenvalue weighted by Crippen LogP contribution is -2.00. The van der Waals surface area contributed by atoms with Crippen molar-refractivity contribution in [3.8, 4) is 45.3 Å². The first-order valence-corrected chi connectivity index (χ1v) is 18.2. The molecule has 0 fully saturated rings. The molecule has 11 rings (SSSR count). The van der Waals surface area contributed by atoms with Crippen LogP contribution < -0.4 is 0 Å². The van der Waals surface area contributed by atoms with Crippen LogP contribution >= 0.6 is 0 Å². The Labute approximate surface area is 311 Å². The molecule has 0 aliphatic rings. The van der Waals surface area contributed by atoms with Crippen LogP contribution in [0.15, 0.2) is 182 Å². The average molecular weight is 687 g/mol. The molecule has 4 nitrogen and oxygen atoms in total. The van der Waals surface area contributed by atoms with Crippen LogP contribution in [0.2, 0.25) is 0 Å². The van der Waals surface area contributed by atoms with E-state index in [0.717, 1.165) is 38.2 Å². The number of hydrogen-bond donors (Lipinski definition) is 0. The predicted octanol–water partition coefficient (Wildman–Crippen LogP) is 12.9. The normalized spacial score (nSPS) is 11.7. The van der Waals surface area contributed by atoms with Gasteiger partial charge in [0.2, 0.25) is 0 Å². The van der Waals surface area contributed by atoms with Crippen molar-refractivity contribution in [2.75, 3.05) is 0 Å². The summed E-state index contributed by atoms with van der Waals surface area (Å²) in [4.78, 5) is 19.5. The fraction of sp³-hybridized carbons (Fsp3) is 0. The van der Waals surface area contributed by atoms with Crippen LogP contribution in [-0.2, 0) is 0 Å². The second-order valence-electron chi connectivity index (χ2n) is 13.9. The molecule has 0 atom stereocenters. The quantitative estimate of drug-likeness (QED) is 0.173. The average Bonchev–Trinajstić information content (AvgIpc) is 3.26. The molecule has 0 N–H and O–H groups in total. The first kappa shape index (κ1) is 30.3. The lowest BCUT2D eigenvalue weighted by molar-refractivity contribution is 1.08. The molecule has 0 bridgehead atoms. The van der Waals surface area contributed by atoms with Gasteiger partial charge in [0.15, 0.2) is 17.5 Å². The Kier molecular flexibility index (Phi) is 6.82. The van der Waals surface area contributed by atoms with Gasteiger partial charge in [-0.25, -0.2) is 15.0 Å². The number of pyridine rings is 1. The fourth-order valence-electron chi connectivity index (χ4n) is 8.05. The Hall–Kier alpha value is -7.30. The van der Waals surface area contributed by atoms with Crippen molar-refractivity contribution >= 4 is 64.6 Å². The zero-order valence-corrected chi connectivity index (χ0v) is 29.1. The minimum atomic E-state index is 0.639. The third kappa shape index (κ3) is 5.00. The van der Waals surface area contributed by atoms with Gasteiger partial charge in [0.05, 0.1) is 0 Å². The SMILES string of the molecule is c1ccc(-c2nc(-c3ccc4ccc(-c5ccc6c7ccccc7c7ccccc7c6c5)cc4c3)nc(-c3ccc4c(ccc5cnccc54)c3)n2)cc1. The van der Waals surface area contributed by atoms with E-state index in [1.807, 2.05) is 42.7 Å². The van der Waals surface area contributed by atoms with Gasteiger partial charge in [-0.3, -0.25) is 4.98 Å². The Morgan fingerprint density at radius 2 is 0.722 bits per heavy atom. The molecule has 4 heteroatoms. The lowest BCUT2D eigenvalue weighted by atomic mass is 9.91. The summed E-state index contributed by atoms with van der Waals surface area (Å²) in [6, 6.07) is 60.5. The van der Waals surface area contributed by atoms with E-state index in [-0.39, 0.29) is 0 Å². The molecule has 250 valence electrons. The van der Waals surface area contributed by atoms with Gasteiger partial charge < -0.3 is 0 Å². The zero-order chi connectivity index (χ0) is 35.6. The molecular weight excluding hydrogens is 657 g/mol. The van der Waals surface area contributed by atoms with Crippen LogP contribution in [0.1, 0.15) is 0 Å². The molecule has 0 radical (unpaired) electrons. The van der Waals surface area contributed by atoms with E-state index in [1.165, 1.54) is 54.2 Å². The van der Waals surface area contributed by atoms with Crippen molar-refractivity contribution in [1.29, 1.82) is 0 Å². The molecule has 0 aliphatic heterocycles. The van der Waals surface area contributed by atoms with Crippen LogP contribution in [0.25, 0.3) is 110 Å². The second kappa shape index (κ2) is 12.1. The molecule has 11 aromatic rings. The van der Waals surface area contributed by atoms with Crippen LogP contribution in [0.3, 0.4) is 0 Å². The van der Waals surface area contributed by atoms with E-state index in [4.69, 9.17) is 15.0 Å². The van der Waals surface area contributed by atoms with E-state index in [0.29, 0.717) is 17.5 Å². The molecular formula is C50H30N4. The largest absolute Gasteiger partial charge is 0.264 e. The third-order valence-corrected chi connectivity index (χ3v) is 10.7. The summed E-state index contributed by atoms with van der Waals surface area (Å²) in [5.74, 6) is 1.92.